The van der Waals surface area contributed by atoms with Crippen molar-refractivity contribution in [2.24, 2.45) is 0 Å². The van der Waals surface area contributed by atoms with E-state index in [-0.39, 0.29) is 11.7 Å². The Labute approximate surface area is 82.3 Å². The Hall–Kier alpha value is -1.16. The van der Waals surface area contributed by atoms with Gasteiger partial charge in [-0.3, -0.25) is 0 Å². The Kier molecular flexibility index (Phi) is 2.63. The zero-order chi connectivity index (χ0) is 9.97. The number of ether oxygens (including phenoxy) is 1. The molecular formula is C10H13FN2O. The molecule has 0 atom stereocenters. The molecule has 0 aromatic carbocycles. The highest BCUT2D eigenvalue weighted by molar-refractivity contribution is 5.23. The topological polar surface area (TPSA) is 34.1 Å². The van der Waals surface area contributed by atoms with Crippen LogP contribution in [0.1, 0.15) is 18.4 Å². The second kappa shape index (κ2) is 3.92. The zero-order valence-electron chi connectivity index (χ0n) is 8.09. The summed E-state index contributed by atoms with van der Waals surface area (Å²) in [6.07, 6.45) is 3.96. The third-order valence-corrected chi connectivity index (χ3v) is 2.29. The molecule has 1 saturated carbocycles. The van der Waals surface area contributed by atoms with Gasteiger partial charge >= 0.3 is 0 Å². The van der Waals surface area contributed by atoms with Gasteiger partial charge in [0, 0.05) is 24.3 Å². The molecule has 1 N–H and O–H groups in total. The minimum Gasteiger partial charge on any atom is -0.479 e. The van der Waals surface area contributed by atoms with Gasteiger partial charge in [-0.25, -0.2) is 9.37 Å². The van der Waals surface area contributed by atoms with Gasteiger partial charge in [0.2, 0.25) is 5.88 Å². The van der Waals surface area contributed by atoms with E-state index in [1.165, 1.54) is 20.0 Å². The first-order chi connectivity index (χ1) is 6.81. The van der Waals surface area contributed by atoms with Gasteiger partial charge in [-0.1, -0.05) is 0 Å². The maximum absolute atomic E-state index is 13.5. The predicted molar refractivity (Wildman–Crippen MR) is 50.6 cm³/mol. The maximum atomic E-state index is 13.5. The minimum atomic E-state index is -0.358. The molecule has 0 spiro atoms. The molecule has 4 heteroatoms. The van der Waals surface area contributed by atoms with Gasteiger partial charge in [0.05, 0.1) is 7.11 Å². The molecule has 1 aliphatic rings. The lowest BCUT2D eigenvalue weighted by Crippen LogP contribution is -2.16. The van der Waals surface area contributed by atoms with Crippen LogP contribution in [-0.2, 0) is 6.54 Å². The first kappa shape index (κ1) is 9.40. The summed E-state index contributed by atoms with van der Waals surface area (Å²) in [5.74, 6) is -0.289. The largest absolute Gasteiger partial charge is 0.479 e. The molecule has 1 aromatic heterocycles. The van der Waals surface area contributed by atoms with Crippen LogP contribution in [0.2, 0.25) is 0 Å². The van der Waals surface area contributed by atoms with Gasteiger partial charge in [-0.05, 0) is 18.9 Å². The summed E-state index contributed by atoms with van der Waals surface area (Å²) in [5, 5.41) is 3.24. The van der Waals surface area contributed by atoms with Crippen molar-refractivity contribution >= 4 is 0 Å². The van der Waals surface area contributed by atoms with Crippen molar-refractivity contribution in [3.63, 3.8) is 0 Å². The van der Waals surface area contributed by atoms with E-state index in [0.29, 0.717) is 18.2 Å². The van der Waals surface area contributed by atoms with Crippen LogP contribution >= 0.6 is 0 Å². The van der Waals surface area contributed by atoms with Gasteiger partial charge in [0.25, 0.3) is 0 Å². The van der Waals surface area contributed by atoms with Crippen LogP contribution < -0.4 is 10.1 Å². The number of pyridine rings is 1. The number of aromatic nitrogens is 1. The molecule has 0 amide bonds. The van der Waals surface area contributed by atoms with Crippen LogP contribution in [-0.4, -0.2) is 18.1 Å². The Bertz CT molecular complexity index is 326. The van der Waals surface area contributed by atoms with Crippen LogP contribution in [0.15, 0.2) is 12.3 Å². The van der Waals surface area contributed by atoms with E-state index in [1.54, 1.807) is 12.3 Å². The third-order valence-electron chi connectivity index (χ3n) is 2.29. The number of hydrogen-bond acceptors (Lipinski definition) is 3. The van der Waals surface area contributed by atoms with E-state index in [4.69, 9.17) is 4.74 Å². The smallest absolute Gasteiger partial charge is 0.250 e. The molecule has 1 heterocycles. The highest BCUT2D eigenvalue weighted by Gasteiger charge is 2.21. The fourth-order valence-electron chi connectivity index (χ4n) is 1.28. The van der Waals surface area contributed by atoms with Gasteiger partial charge in [-0.2, -0.15) is 0 Å². The third kappa shape index (κ3) is 2.01. The van der Waals surface area contributed by atoms with Crippen LogP contribution in [0.3, 0.4) is 0 Å². The van der Waals surface area contributed by atoms with Gasteiger partial charge in [0.15, 0.2) is 5.82 Å². The SMILES string of the molecule is COc1nccc(CNC2CC2)c1F. The van der Waals surface area contributed by atoms with Crippen molar-refractivity contribution in [1.82, 2.24) is 10.3 Å². The fourth-order valence-corrected chi connectivity index (χ4v) is 1.28. The minimum absolute atomic E-state index is 0.0695. The van der Waals surface area contributed by atoms with Crippen LogP contribution in [0.4, 0.5) is 4.39 Å². The van der Waals surface area contributed by atoms with Crippen molar-refractivity contribution in [2.45, 2.75) is 25.4 Å². The van der Waals surface area contributed by atoms with E-state index in [2.05, 4.69) is 10.3 Å². The standard InChI is InChI=1S/C10H13FN2O/c1-14-10-9(11)7(4-5-12-10)6-13-8-2-3-8/h4-5,8,13H,2-3,6H2,1H3. The van der Waals surface area contributed by atoms with Gasteiger partial charge in [-0.15, -0.1) is 0 Å². The molecule has 0 unspecified atom stereocenters. The summed E-state index contributed by atoms with van der Waals surface area (Å²) < 4.78 is 18.3. The van der Waals surface area contributed by atoms with Crippen molar-refractivity contribution in [3.8, 4) is 5.88 Å². The zero-order valence-corrected chi connectivity index (χ0v) is 8.09. The van der Waals surface area contributed by atoms with Gasteiger partial charge in [0.1, 0.15) is 0 Å². The molecule has 2 rings (SSSR count). The highest BCUT2D eigenvalue weighted by Crippen LogP contribution is 2.21. The Morgan fingerprint density at radius 1 is 1.64 bits per heavy atom. The summed E-state index contributed by atoms with van der Waals surface area (Å²) in [5.41, 5.74) is 0.615. The molecule has 0 radical (unpaired) electrons. The lowest BCUT2D eigenvalue weighted by molar-refractivity contribution is 0.366. The Morgan fingerprint density at radius 2 is 2.43 bits per heavy atom. The highest BCUT2D eigenvalue weighted by atomic mass is 19.1. The van der Waals surface area contributed by atoms with E-state index < -0.39 is 0 Å². The molecule has 1 aromatic rings. The Morgan fingerprint density at radius 3 is 3.07 bits per heavy atom. The normalized spacial score (nSPS) is 15.6. The number of hydrogen-bond donors (Lipinski definition) is 1. The molecule has 0 bridgehead atoms. The van der Waals surface area contributed by atoms with E-state index in [9.17, 15) is 4.39 Å². The lowest BCUT2D eigenvalue weighted by Gasteiger charge is -2.06. The predicted octanol–water partition coefficient (Wildman–Crippen LogP) is 1.48. The van der Waals surface area contributed by atoms with Crippen molar-refractivity contribution in [1.29, 1.82) is 0 Å². The summed E-state index contributed by atoms with van der Waals surface area (Å²) in [4.78, 5) is 3.78. The molecule has 0 saturated heterocycles. The molecule has 14 heavy (non-hydrogen) atoms. The number of halogens is 1. The van der Waals surface area contributed by atoms with E-state index in [1.807, 2.05) is 0 Å². The first-order valence-electron chi connectivity index (χ1n) is 4.72. The molecule has 76 valence electrons. The number of methoxy groups -OCH3 is 1. The molecule has 1 aliphatic carbocycles. The average molecular weight is 196 g/mol. The number of nitrogens with one attached hydrogen (secondary N) is 1. The molecule has 1 fully saturated rings. The average Bonchev–Trinajstić information content (AvgIpc) is 3.00. The molecule has 0 aliphatic heterocycles. The van der Waals surface area contributed by atoms with E-state index >= 15 is 0 Å². The Balaban J connectivity index is 2.06. The maximum Gasteiger partial charge on any atom is 0.250 e. The molecule has 3 nitrogen and oxygen atoms in total. The second-order valence-corrected chi connectivity index (χ2v) is 3.45. The van der Waals surface area contributed by atoms with Gasteiger partial charge < -0.3 is 10.1 Å². The van der Waals surface area contributed by atoms with Crippen LogP contribution in [0.25, 0.3) is 0 Å². The number of rotatable bonds is 4. The summed E-state index contributed by atoms with van der Waals surface area (Å²) >= 11 is 0. The summed E-state index contributed by atoms with van der Waals surface area (Å²) in [6, 6.07) is 2.25. The van der Waals surface area contributed by atoms with E-state index in [0.717, 1.165) is 0 Å². The first-order valence-corrected chi connectivity index (χ1v) is 4.72. The van der Waals surface area contributed by atoms with Crippen LogP contribution in [0, 0.1) is 5.82 Å². The lowest BCUT2D eigenvalue weighted by atomic mass is 10.2. The monoisotopic (exact) mass is 196 g/mol. The van der Waals surface area contributed by atoms with Crippen molar-refractivity contribution in [3.05, 3.63) is 23.6 Å². The molecular weight excluding hydrogens is 183 g/mol. The second-order valence-electron chi connectivity index (χ2n) is 3.45. The summed E-state index contributed by atoms with van der Waals surface area (Å²) in [6.45, 7) is 0.551. The fraction of sp³-hybridized carbons (Fsp3) is 0.500. The summed E-state index contributed by atoms with van der Waals surface area (Å²) in [7, 11) is 1.42. The van der Waals surface area contributed by atoms with Crippen LogP contribution in [0.5, 0.6) is 5.88 Å². The van der Waals surface area contributed by atoms with Crippen molar-refractivity contribution in [2.75, 3.05) is 7.11 Å². The van der Waals surface area contributed by atoms with Crippen molar-refractivity contribution < 1.29 is 9.13 Å². The quantitative estimate of drug-likeness (QED) is 0.792. The number of nitrogens with zero attached hydrogens (tertiary/aromatic N) is 1.